The van der Waals surface area contributed by atoms with Crippen LogP contribution in [0.3, 0.4) is 0 Å². The summed E-state index contributed by atoms with van der Waals surface area (Å²) in [6, 6.07) is 0. The third-order valence-electron chi connectivity index (χ3n) is 3.08. The van der Waals surface area contributed by atoms with Crippen molar-refractivity contribution in [2.75, 3.05) is 12.3 Å². The molecule has 1 saturated heterocycles. The van der Waals surface area contributed by atoms with Crippen LogP contribution in [0, 0.1) is 0 Å². The van der Waals surface area contributed by atoms with Gasteiger partial charge >= 0.3 is 0 Å². The Morgan fingerprint density at radius 2 is 2.33 bits per heavy atom. The lowest BCUT2D eigenvalue weighted by Crippen LogP contribution is -2.20. The fourth-order valence-corrected chi connectivity index (χ4v) is 2.48. The molecular formula is C10H13N5O2S. The highest BCUT2D eigenvalue weighted by Crippen LogP contribution is 2.33. The minimum absolute atomic E-state index is 0.00312. The van der Waals surface area contributed by atoms with E-state index in [2.05, 4.69) is 27.6 Å². The van der Waals surface area contributed by atoms with Crippen LogP contribution in [0.15, 0.2) is 12.7 Å². The molecule has 0 amide bonds. The van der Waals surface area contributed by atoms with Crippen LogP contribution in [0.5, 0.6) is 0 Å². The Bertz CT molecular complexity index is 574. The molecular weight excluding hydrogens is 254 g/mol. The van der Waals surface area contributed by atoms with Crippen LogP contribution in [0.4, 0.5) is 5.82 Å². The number of ether oxygens (including phenoxy) is 1. The Kier molecular flexibility index (Phi) is 2.84. The molecule has 0 spiro atoms. The van der Waals surface area contributed by atoms with Gasteiger partial charge in [-0.05, 0) is 0 Å². The first-order valence-corrected chi connectivity index (χ1v) is 6.09. The molecule has 3 heterocycles. The maximum Gasteiger partial charge on any atom is 0.167 e. The second kappa shape index (κ2) is 4.38. The summed E-state index contributed by atoms with van der Waals surface area (Å²) in [5, 5.41) is 9.16. The topological polar surface area (TPSA) is 99.1 Å². The number of hydrogen-bond acceptors (Lipinski definition) is 7. The molecule has 1 unspecified atom stereocenters. The molecule has 1 aliphatic heterocycles. The molecule has 3 atom stereocenters. The van der Waals surface area contributed by atoms with Gasteiger partial charge in [-0.2, -0.15) is 12.6 Å². The number of nitrogens with two attached hydrogens (primary N) is 1. The number of aromatic nitrogens is 4. The quantitative estimate of drug-likeness (QED) is 0.662. The predicted octanol–water partition coefficient (Wildman–Crippen LogP) is -0.0133. The smallest absolute Gasteiger partial charge is 0.167 e. The van der Waals surface area contributed by atoms with E-state index in [1.54, 1.807) is 10.9 Å². The van der Waals surface area contributed by atoms with E-state index in [9.17, 15) is 0 Å². The van der Waals surface area contributed by atoms with Gasteiger partial charge in [0.05, 0.1) is 19.0 Å². The van der Waals surface area contributed by atoms with Gasteiger partial charge in [-0.15, -0.1) is 0 Å². The number of nitrogens with zero attached hydrogens (tertiary/aromatic N) is 4. The number of thiol groups is 1. The SMILES string of the molecule is Nc1ncnc2c1ncn2[C@H]1CC(S)[C@@H](CO)O1. The maximum absolute atomic E-state index is 9.16. The molecule has 0 bridgehead atoms. The second-order valence-electron chi connectivity index (χ2n) is 4.20. The summed E-state index contributed by atoms with van der Waals surface area (Å²) in [5.74, 6) is 0.345. The molecule has 8 heteroatoms. The summed E-state index contributed by atoms with van der Waals surface area (Å²) in [6.45, 7) is -0.0472. The average molecular weight is 267 g/mol. The van der Waals surface area contributed by atoms with Gasteiger partial charge in [-0.1, -0.05) is 0 Å². The van der Waals surface area contributed by atoms with Crippen molar-refractivity contribution in [3.63, 3.8) is 0 Å². The normalized spacial score (nSPS) is 28.0. The van der Waals surface area contributed by atoms with Gasteiger partial charge in [0.25, 0.3) is 0 Å². The highest BCUT2D eigenvalue weighted by Gasteiger charge is 2.34. The van der Waals surface area contributed by atoms with Crippen molar-refractivity contribution in [2.24, 2.45) is 0 Å². The van der Waals surface area contributed by atoms with Gasteiger partial charge in [0.2, 0.25) is 0 Å². The summed E-state index contributed by atoms with van der Waals surface area (Å²) < 4.78 is 7.51. The predicted molar refractivity (Wildman–Crippen MR) is 68.1 cm³/mol. The molecule has 0 aliphatic carbocycles. The molecule has 3 N–H and O–H groups in total. The Morgan fingerprint density at radius 3 is 3.06 bits per heavy atom. The Labute approximate surface area is 108 Å². The Morgan fingerprint density at radius 1 is 1.50 bits per heavy atom. The Hall–Kier alpha value is -1.38. The van der Waals surface area contributed by atoms with Crippen LogP contribution >= 0.6 is 12.6 Å². The van der Waals surface area contributed by atoms with Crippen LogP contribution < -0.4 is 5.73 Å². The number of fused-ring (bicyclic) bond motifs is 1. The van der Waals surface area contributed by atoms with E-state index in [0.717, 1.165) is 0 Å². The van der Waals surface area contributed by atoms with Crippen LogP contribution in [-0.2, 0) is 4.74 Å². The van der Waals surface area contributed by atoms with Gasteiger partial charge in [-0.25, -0.2) is 15.0 Å². The number of rotatable bonds is 2. The van der Waals surface area contributed by atoms with Gasteiger partial charge in [0, 0.05) is 11.7 Å². The molecule has 0 radical (unpaired) electrons. The van der Waals surface area contributed by atoms with Crippen LogP contribution in [-0.4, -0.2) is 42.6 Å². The lowest BCUT2D eigenvalue weighted by atomic mass is 10.2. The number of imidazole rings is 1. The molecule has 0 saturated carbocycles. The zero-order chi connectivity index (χ0) is 12.7. The fourth-order valence-electron chi connectivity index (χ4n) is 2.13. The monoisotopic (exact) mass is 267 g/mol. The third-order valence-corrected chi connectivity index (χ3v) is 3.62. The summed E-state index contributed by atoms with van der Waals surface area (Å²) in [7, 11) is 0. The van der Waals surface area contributed by atoms with Crippen molar-refractivity contribution >= 4 is 29.6 Å². The number of aliphatic hydroxyl groups is 1. The van der Waals surface area contributed by atoms with E-state index in [-0.39, 0.29) is 24.2 Å². The van der Waals surface area contributed by atoms with Crippen LogP contribution in [0.25, 0.3) is 11.2 Å². The zero-order valence-corrected chi connectivity index (χ0v) is 10.4. The van der Waals surface area contributed by atoms with Crippen molar-refractivity contribution in [3.05, 3.63) is 12.7 Å². The second-order valence-corrected chi connectivity index (χ2v) is 4.86. The highest BCUT2D eigenvalue weighted by molar-refractivity contribution is 7.81. The van der Waals surface area contributed by atoms with Gasteiger partial charge in [0.1, 0.15) is 18.1 Å². The molecule has 7 nitrogen and oxygen atoms in total. The third kappa shape index (κ3) is 1.73. The van der Waals surface area contributed by atoms with E-state index >= 15 is 0 Å². The minimum atomic E-state index is -0.269. The summed E-state index contributed by atoms with van der Waals surface area (Å²) in [6.07, 6.45) is 3.20. The fraction of sp³-hybridized carbons (Fsp3) is 0.500. The van der Waals surface area contributed by atoms with Gasteiger partial charge in [0.15, 0.2) is 11.5 Å². The summed E-state index contributed by atoms with van der Waals surface area (Å²) >= 11 is 4.40. The first kappa shape index (κ1) is 11.7. The molecule has 1 fully saturated rings. The minimum Gasteiger partial charge on any atom is -0.394 e. The van der Waals surface area contributed by atoms with E-state index in [1.807, 2.05) is 0 Å². The van der Waals surface area contributed by atoms with E-state index in [4.69, 9.17) is 15.6 Å². The molecule has 2 aromatic heterocycles. The number of nitrogen functional groups attached to an aromatic ring is 1. The highest BCUT2D eigenvalue weighted by atomic mass is 32.1. The lowest BCUT2D eigenvalue weighted by Gasteiger charge is -2.13. The van der Waals surface area contributed by atoms with Crippen molar-refractivity contribution in [3.8, 4) is 0 Å². The van der Waals surface area contributed by atoms with Crippen molar-refractivity contribution in [2.45, 2.75) is 24.0 Å². The molecule has 2 aromatic rings. The van der Waals surface area contributed by atoms with Gasteiger partial charge in [-0.3, -0.25) is 4.57 Å². The van der Waals surface area contributed by atoms with Gasteiger partial charge < -0.3 is 15.6 Å². The summed E-state index contributed by atoms with van der Waals surface area (Å²) in [4.78, 5) is 12.2. The van der Waals surface area contributed by atoms with E-state index in [0.29, 0.717) is 23.4 Å². The Balaban J connectivity index is 1.99. The maximum atomic E-state index is 9.16. The molecule has 3 rings (SSSR count). The number of aliphatic hydroxyl groups excluding tert-OH is 1. The van der Waals surface area contributed by atoms with E-state index in [1.165, 1.54) is 6.33 Å². The number of hydrogen-bond donors (Lipinski definition) is 3. The average Bonchev–Trinajstić information content (AvgIpc) is 2.93. The first-order chi connectivity index (χ1) is 8.70. The largest absolute Gasteiger partial charge is 0.394 e. The van der Waals surface area contributed by atoms with Crippen molar-refractivity contribution in [1.29, 1.82) is 0 Å². The van der Waals surface area contributed by atoms with Crippen molar-refractivity contribution < 1.29 is 9.84 Å². The van der Waals surface area contributed by atoms with E-state index < -0.39 is 0 Å². The zero-order valence-electron chi connectivity index (χ0n) is 9.47. The molecule has 96 valence electrons. The first-order valence-electron chi connectivity index (χ1n) is 5.58. The number of anilines is 1. The standard InChI is InChI=1S/C10H13N5O2S/c11-9-8-10(13-3-12-9)15(4-14-8)7-1-6(18)5(2-16)17-7/h3-7,16,18H,1-2H2,(H2,11,12,13)/t5-,6?,7-/m1/s1. The molecule has 1 aliphatic rings. The van der Waals surface area contributed by atoms with Crippen LogP contribution in [0.1, 0.15) is 12.6 Å². The summed E-state index contributed by atoms with van der Waals surface area (Å²) in [5.41, 5.74) is 6.92. The molecule has 18 heavy (non-hydrogen) atoms. The molecule has 0 aromatic carbocycles. The lowest BCUT2D eigenvalue weighted by molar-refractivity contribution is -0.0197. The van der Waals surface area contributed by atoms with Crippen LogP contribution in [0.2, 0.25) is 0 Å². The van der Waals surface area contributed by atoms with Crippen molar-refractivity contribution in [1.82, 2.24) is 19.5 Å².